The van der Waals surface area contributed by atoms with Crippen molar-refractivity contribution in [3.05, 3.63) is 59.7 Å². The Bertz CT molecular complexity index is 1050. The van der Waals surface area contributed by atoms with E-state index in [1.54, 1.807) is 6.07 Å². The van der Waals surface area contributed by atoms with E-state index in [9.17, 15) is 9.18 Å². The van der Waals surface area contributed by atoms with Gasteiger partial charge in [0.05, 0.1) is 23.9 Å². The predicted octanol–water partition coefficient (Wildman–Crippen LogP) is 3.94. The Morgan fingerprint density at radius 3 is 2.79 bits per heavy atom. The Kier molecular flexibility index (Phi) is 4.79. The van der Waals surface area contributed by atoms with E-state index in [1.165, 1.54) is 29.7 Å². The number of rotatable bonds is 4. The Balaban J connectivity index is 1.17. The number of imidazole rings is 1. The third kappa shape index (κ3) is 3.77. The number of aryl methyl sites for hydroxylation is 2. The minimum atomic E-state index is -0.257. The molecule has 0 atom stereocenters. The first-order valence-corrected chi connectivity index (χ1v) is 10.4. The maximum Gasteiger partial charge on any atom is 0.238 e. The predicted molar refractivity (Wildman–Crippen MR) is 111 cm³/mol. The lowest BCUT2D eigenvalue weighted by atomic mass is 10.0. The van der Waals surface area contributed by atoms with Gasteiger partial charge in [0.1, 0.15) is 5.82 Å². The number of anilines is 1. The minimum Gasteiger partial charge on any atom is -0.327 e. The smallest absolute Gasteiger partial charge is 0.238 e. The third-order valence-electron chi connectivity index (χ3n) is 6.24. The quantitative estimate of drug-likeness (QED) is 0.732. The number of nitrogens with zero attached hydrogens (tertiary/aromatic N) is 3. The van der Waals surface area contributed by atoms with Gasteiger partial charge in [-0.15, -0.1) is 0 Å². The van der Waals surface area contributed by atoms with Crippen LogP contribution < -0.4 is 5.32 Å². The highest BCUT2D eigenvalue weighted by molar-refractivity contribution is 5.92. The van der Waals surface area contributed by atoms with Crippen molar-refractivity contribution in [3.8, 4) is 0 Å². The van der Waals surface area contributed by atoms with Crippen molar-refractivity contribution in [3.63, 3.8) is 0 Å². The van der Waals surface area contributed by atoms with Gasteiger partial charge in [-0.2, -0.15) is 0 Å². The van der Waals surface area contributed by atoms with Crippen LogP contribution in [0.5, 0.6) is 0 Å². The number of benzene rings is 2. The highest BCUT2D eigenvalue weighted by atomic mass is 19.1. The molecule has 6 heteroatoms. The van der Waals surface area contributed by atoms with Gasteiger partial charge >= 0.3 is 0 Å². The second kappa shape index (κ2) is 7.59. The molecular formula is C23H25FN4O. The molecule has 2 aromatic carbocycles. The van der Waals surface area contributed by atoms with Gasteiger partial charge in [0.2, 0.25) is 5.91 Å². The zero-order valence-electron chi connectivity index (χ0n) is 16.4. The largest absolute Gasteiger partial charge is 0.327 e. The lowest BCUT2D eigenvalue weighted by Crippen LogP contribution is -2.39. The average molecular weight is 392 g/mol. The fraction of sp³-hybridized carbons (Fsp3) is 0.391. The maximum atomic E-state index is 13.4. The van der Waals surface area contributed by atoms with E-state index in [0.29, 0.717) is 18.1 Å². The molecule has 0 saturated carbocycles. The van der Waals surface area contributed by atoms with Crippen LogP contribution in [0.15, 0.2) is 42.7 Å². The summed E-state index contributed by atoms with van der Waals surface area (Å²) < 4.78 is 15.5. The number of amides is 1. The number of carbonyl (C=O) groups is 1. The molecule has 2 heterocycles. The van der Waals surface area contributed by atoms with Crippen molar-refractivity contribution in [1.29, 1.82) is 0 Å². The molecule has 3 aromatic rings. The molecule has 1 aromatic heterocycles. The van der Waals surface area contributed by atoms with E-state index in [-0.39, 0.29) is 11.7 Å². The van der Waals surface area contributed by atoms with Gasteiger partial charge in [0, 0.05) is 30.9 Å². The van der Waals surface area contributed by atoms with E-state index in [4.69, 9.17) is 0 Å². The Morgan fingerprint density at radius 1 is 1.10 bits per heavy atom. The number of piperidine rings is 1. The van der Waals surface area contributed by atoms with Gasteiger partial charge in [0.15, 0.2) is 0 Å². The summed E-state index contributed by atoms with van der Waals surface area (Å²) in [7, 11) is 0. The molecule has 0 unspecified atom stereocenters. The Hall–Kier alpha value is -2.73. The van der Waals surface area contributed by atoms with Crippen LogP contribution >= 0.6 is 0 Å². The summed E-state index contributed by atoms with van der Waals surface area (Å²) in [5, 5.41) is 3.06. The Labute approximate surface area is 169 Å². The number of halogens is 1. The number of hydrogen-bond acceptors (Lipinski definition) is 3. The van der Waals surface area contributed by atoms with Crippen LogP contribution in [0.25, 0.3) is 11.0 Å². The second-order valence-corrected chi connectivity index (χ2v) is 8.18. The zero-order chi connectivity index (χ0) is 19.8. The summed E-state index contributed by atoms with van der Waals surface area (Å²) in [6.45, 7) is 2.14. The van der Waals surface area contributed by atoms with Gasteiger partial charge in [0.25, 0.3) is 0 Å². The first-order chi connectivity index (χ1) is 14.2. The number of hydrogen-bond donors (Lipinski definition) is 1. The van der Waals surface area contributed by atoms with Crippen LogP contribution in [-0.2, 0) is 17.6 Å². The molecule has 0 bridgehead atoms. The standard InChI is InChI=1S/C23H25FN4O/c24-18-5-7-22-21(13-18)25-15-28(22)20-8-10-27(11-9-20)14-23(29)26-19-6-4-16-2-1-3-17(16)12-19/h4-7,12-13,15,20H,1-3,8-11,14H2,(H,26,29). The fourth-order valence-electron chi connectivity index (χ4n) is 4.70. The van der Waals surface area contributed by atoms with Gasteiger partial charge in [-0.1, -0.05) is 6.07 Å². The van der Waals surface area contributed by atoms with Gasteiger partial charge in [-0.25, -0.2) is 9.37 Å². The van der Waals surface area contributed by atoms with E-state index in [2.05, 4.69) is 31.9 Å². The Morgan fingerprint density at radius 2 is 1.93 bits per heavy atom. The summed E-state index contributed by atoms with van der Waals surface area (Å²) in [4.78, 5) is 19.0. The number of carbonyl (C=O) groups excluding carboxylic acids is 1. The first kappa shape index (κ1) is 18.3. The number of nitrogens with one attached hydrogen (secondary N) is 1. The van der Waals surface area contributed by atoms with Crippen LogP contribution in [0, 0.1) is 5.82 Å². The van der Waals surface area contributed by atoms with Crippen LogP contribution in [-0.4, -0.2) is 40.0 Å². The van der Waals surface area contributed by atoms with Crippen molar-refractivity contribution in [1.82, 2.24) is 14.5 Å². The number of aromatic nitrogens is 2. The van der Waals surface area contributed by atoms with Crippen molar-refractivity contribution < 1.29 is 9.18 Å². The van der Waals surface area contributed by atoms with E-state index >= 15 is 0 Å². The molecule has 1 amide bonds. The van der Waals surface area contributed by atoms with E-state index in [0.717, 1.165) is 50.0 Å². The lowest BCUT2D eigenvalue weighted by Gasteiger charge is -2.32. The average Bonchev–Trinajstić information content (AvgIpc) is 3.34. The monoisotopic (exact) mass is 392 g/mol. The molecule has 1 aliphatic heterocycles. The molecule has 2 aliphatic rings. The van der Waals surface area contributed by atoms with Crippen LogP contribution in [0.2, 0.25) is 0 Å². The molecule has 5 rings (SSSR count). The van der Waals surface area contributed by atoms with Crippen LogP contribution in [0.4, 0.5) is 10.1 Å². The summed E-state index contributed by atoms with van der Waals surface area (Å²) in [5.74, 6) is -0.211. The summed E-state index contributed by atoms with van der Waals surface area (Å²) in [6.07, 6.45) is 7.19. The van der Waals surface area contributed by atoms with Crippen molar-refractivity contribution >= 4 is 22.6 Å². The zero-order valence-corrected chi connectivity index (χ0v) is 16.4. The normalized spacial score (nSPS) is 17.6. The second-order valence-electron chi connectivity index (χ2n) is 8.18. The minimum absolute atomic E-state index is 0.0463. The molecule has 150 valence electrons. The van der Waals surface area contributed by atoms with Crippen LogP contribution in [0.3, 0.4) is 0 Å². The molecule has 1 N–H and O–H groups in total. The van der Waals surface area contributed by atoms with Crippen molar-refractivity contribution in [2.75, 3.05) is 25.0 Å². The maximum absolute atomic E-state index is 13.4. The summed E-state index contributed by atoms with van der Waals surface area (Å²) in [6, 6.07) is 11.4. The first-order valence-electron chi connectivity index (χ1n) is 10.4. The molecule has 1 aliphatic carbocycles. The highest BCUT2D eigenvalue weighted by Crippen LogP contribution is 2.27. The SMILES string of the molecule is O=C(CN1CCC(n2cnc3cc(F)ccc32)CC1)Nc1ccc2c(c1)CCC2. The van der Waals surface area contributed by atoms with Gasteiger partial charge in [-0.05, 0) is 67.5 Å². The van der Waals surface area contributed by atoms with Gasteiger partial charge in [-0.3, -0.25) is 9.69 Å². The highest BCUT2D eigenvalue weighted by Gasteiger charge is 2.23. The van der Waals surface area contributed by atoms with E-state index < -0.39 is 0 Å². The third-order valence-corrected chi connectivity index (χ3v) is 6.24. The summed E-state index contributed by atoms with van der Waals surface area (Å²) in [5.41, 5.74) is 5.36. The summed E-state index contributed by atoms with van der Waals surface area (Å²) >= 11 is 0. The molecule has 1 saturated heterocycles. The number of fused-ring (bicyclic) bond motifs is 2. The van der Waals surface area contributed by atoms with Crippen molar-refractivity contribution in [2.45, 2.75) is 38.1 Å². The number of likely N-dealkylation sites (tertiary alicyclic amines) is 1. The van der Waals surface area contributed by atoms with E-state index in [1.807, 2.05) is 12.4 Å². The molecule has 0 spiro atoms. The molecule has 1 fully saturated rings. The van der Waals surface area contributed by atoms with Crippen molar-refractivity contribution in [2.24, 2.45) is 0 Å². The fourth-order valence-corrected chi connectivity index (χ4v) is 4.70. The molecule has 29 heavy (non-hydrogen) atoms. The molecule has 0 radical (unpaired) electrons. The molecular weight excluding hydrogens is 367 g/mol. The topological polar surface area (TPSA) is 50.2 Å². The lowest BCUT2D eigenvalue weighted by molar-refractivity contribution is -0.117. The molecule has 5 nitrogen and oxygen atoms in total. The van der Waals surface area contributed by atoms with Crippen LogP contribution in [0.1, 0.15) is 36.4 Å². The van der Waals surface area contributed by atoms with Gasteiger partial charge < -0.3 is 9.88 Å².